The number of ether oxygens (including phenoxy) is 1. The lowest BCUT2D eigenvalue weighted by molar-refractivity contribution is 0.0169. The van der Waals surface area contributed by atoms with Crippen LogP contribution < -0.4 is 10.6 Å². The second-order valence-electron chi connectivity index (χ2n) is 7.97. The third-order valence-electron chi connectivity index (χ3n) is 6.05. The maximum absolute atomic E-state index is 13.4. The van der Waals surface area contributed by atoms with Gasteiger partial charge in [-0.05, 0) is 37.0 Å². The van der Waals surface area contributed by atoms with Gasteiger partial charge in [0.25, 0.3) is 0 Å². The molecule has 1 aliphatic carbocycles. The van der Waals surface area contributed by atoms with Crippen molar-refractivity contribution in [2.24, 2.45) is 4.99 Å². The van der Waals surface area contributed by atoms with Crippen LogP contribution >= 0.6 is 0 Å². The van der Waals surface area contributed by atoms with Gasteiger partial charge in [-0.1, -0.05) is 25.5 Å². The number of morpholine rings is 1. The first kappa shape index (κ1) is 23.2. The van der Waals surface area contributed by atoms with Crippen molar-refractivity contribution in [3.63, 3.8) is 0 Å². The van der Waals surface area contributed by atoms with Crippen LogP contribution in [0.1, 0.15) is 44.2 Å². The van der Waals surface area contributed by atoms with Gasteiger partial charge < -0.3 is 15.4 Å². The molecule has 0 amide bonds. The monoisotopic (exact) mass is 438 g/mol. The third-order valence-corrected chi connectivity index (χ3v) is 7.79. The number of benzene rings is 1. The van der Waals surface area contributed by atoms with Crippen LogP contribution in [-0.4, -0.2) is 72.0 Å². The van der Waals surface area contributed by atoms with Gasteiger partial charge in [-0.25, -0.2) is 4.39 Å². The Hall–Kier alpha value is -1.51. The summed E-state index contributed by atoms with van der Waals surface area (Å²) in [6.45, 7) is 5.79. The quantitative estimate of drug-likeness (QED) is 0.506. The first-order valence-electron chi connectivity index (χ1n) is 11.0. The Labute approximate surface area is 182 Å². The average Bonchev–Trinajstić information content (AvgIpc) is 2.79. The summed E-state index contributed by atoms with van der Waals surface area (Å²) in [4.78, 5) is 6.79. The van der Waals surface area contributed by atoms with Gasteiger partial charge >= 0.3 is 0 Å². The normalized spacial score (nSPS) is 25.5. The Kier molecular flexibility index (Phi) is 9.08. The number of hydrogen-bond donors (Lipinski definition) is 2. The fraction of sp³-hybridized carbons (Fsp3) is 0.682. The highest BCUT2D eigenvalue weighted by Crippen LogP contribution is 2.24. The number of halogens is 1. The Morgan fingerprint density at radius 3 is 2.70 bits per heavy atom. The van der Waals surface area contributed by atoms with Crippen LogP contribution in [0.4, 0.5) is 4.39 Å². The smallest absolute Gasteiger partial charge is 0.191 e. The van der Waals surface area contributed by atoms with Crippen molar-refractivity contribution in [2.45, 2.75) is 49.9 Å². The molecular weight excluding hydrogens is 403 g/mol. The van der Waals surface area contributed by atoms with Crippen LogP contribution in [0.2, 0.25) is 0 Å². The van der Waals surface area contributed by atoms with Crippen molar-refractivity contribution >= 4 is 16.8 Å². The summed E-state index contributed by atoms with van der Waals surface area (Å²) in [5, 5.41) is 7.28. The van der Waals surface area contributed by atoms with Crippen LogP contribution in [0.3, 0.4) is 0 Å². The molecule has 0 aromatic heterocycles. The Morgan fingerprint density at radius 1 is 1.30 bits per heavy atom. The van der Waals surface area contributed by atoms with E-state index in [0.717, 1.165) is 56.0 Å². The number of rotatable bonds is 7. The minimum absolute atomic E-state index is 0.111. The van der Waals surface area contributed by atoms with E-state index in [1.807, 2.05) is 19.1 Å². The number of aliphatic imine (C=N–C) groups is 1. The van der Waals surface area contributed by atoms with E-state index in [2.05, 4.69) is 20.5 Å². The zero-order valence-electron chi connectivity index (χ0n) is 18.1. The maximum Gasteiger partial charge on any atom is 0.191 e. The first-order chi connectivity index (χ1) is 14.6. The molecule has 0 bridgehead atoms. The maximum atomic E-state index is 13.4. The van der Waals surface area contributed by atoms with Gasteiger partial charge in [0.05, 0.1) is 19.3 Å². The molecule has 0 spiro atoms. The molecule has 168 valence electrons. The summed E-state index contributed by atoms with van der Waals surface area (Å²) < 4.78 is 31.2. The van der Waals surface area contributed by atoms with E-state index in [0.29, 0.717) is 19.8 Å². The molecular formula is C22H35FN4O2S. The number of guanidine groups is 1. The van der Waals surface area contributed by atoms with Gasteiger partial charge in [0.1, 0.15) is 5.82 Å². The lowest BCUT2D eigenvalue weighted by Gasteiger charge is -2.35. The van der Waals surface area contributed by atoms with Crippen LogP contribution in [0.25, 0.3) is 0 Å². The number of nitrogens with zero attached hydrogens (tertiary/aromatic N) is 2. The molecule has 1 aromatic carbocycles. The van der Waals surface area contributed by atoms with Gasteiger partial charge in [-0.2, -0.15) is 0 Å². The summed E-state index contributed by atoms with van der Waals surface area (Å²) in [6.07, 6.45) is 4.14. The van der Waals surface area contributed by atoms with Crippen molar-refractivity contribution in [1.82, 2.24) is 15.5 Å². The van der Waals surface area contributed by atoms with Crippen molar-refractivity contribution in [3.8, 4) is 0 Å². The average molecular weight is 439 g/mol. The van der Waals surface area contributed by atoms with Gasteiger partial charge in [0.2, 0.25) is 0 Å². The van der Waals surface area contributed by atoms with Crippen LogP contribution in [-0.2, 0) is 15.5 Å². The highest BCUT2D eigenvalue weighted by molar-refractivity contribution is 7.85. The molecule has 4 unspecified atom stereocenters. The Morgan fingerprint density at radius 2 is 2.03 bits per heavy atom. The van der Waals surface area contributed by atoms with E-state index in [1.54, 1.807) is 7.05 Å². The summed E-state index contributed by atoms with van der Waals surface area (Å²) in [5.41, 5.74) is 1.08. The largest absolute Gasteiger partial charge is 0.379 e. The van der Waals surface area contributed by atoms with Gasteiger partial charge in [-0.3, -0.25) is 14.1 Å². The van der Waals surface area contributed by atoms with Crippen LogP contribution in [0.5, 0.6) is 0 Å². The topological polar surface area (TPSA) is 66.0 Å². The van der Waals surface area contributed by atoms with Crippen molar-refractivity contribution in [1.29, 1.82) is 0 Å². The van der Waals surface area contributed by atoms with E-state index in [-0.39, 0.29) is 23.2 Å². The van der Waals surface area contributed by atoms with Crippen LogP contribution in [0.15, 0.2) is 29.3 Å². The predicted molar refractivity (Wildman–Crippen MR) is 121 cm³/mol. The standard InChI is InChI=1S/C22H35FN4O2S/c1-3-30(28)20-6-4-5-19(15-20)26-22(24-2)25-16-21(27-11-13-29-14-12-27)17-7-9-18(23)10-8-17/h7-10,19-21H,3-6,11-16H2,1-2H3,(H2,24,25,26). The zero-order chi connectivity index (χ0) is 21.3. The fourth-order valence-electron chi connectivity index (χ4n) is 4.36. The molecule has 30 heavy (non-hydrogen) atoms. The molecule has 1 heterocycles. The second-order valence-corrected chi connectivity index (χ2v) is 9.97. The summed E-state index contributed by atoms with van der Waals surface area (Å²) in [7, 11) is 1.04. The highest BCUT2D eigenvalue weighted by atomic mass is 32.2. The van der Waals surface area contributed by atoms with Crippen LogP contribution in [0, 0.1) is 5.82 Å². The zero-order valence-corrected chi connectivity index (χ0v) is 18.9. The molecule has 1 aromatic rings. The summed E-state index contributed by atoms with van der Waals surface area (Å²) in [5.74, 6) is 1.27. The van der Waals surface area contributed by atoms with Gasteiger partial charge in [-0.15, -0.1) is 0 Å². The highest BCUT2D eigenvalue weighted by Gasteiger charge is 2.27. The minimum atomic E-state index is -0.742. The lowest BCUT2D eigenvalue weighted by atomic mass is 9.95. The molecule has 8 heteroatoms. The van der Waals surface area contributed by atoms with E-state index in [9.17, 15) is 8.60 Å². The van der Waals surface area contributed by atoms with Crippen molar-refractivity contribution in [2.75, 3.05) is 45.6 Å². The second kappa shape index (κ2) is 11.8. The molecule has 6 nitrogen and oxygen atoms in total. The molecule has 2 fully saturated rings. The molecule has 4 atom stereocenters. The summed E-state index contributed by atoms with van der Waals surface area (Å²) >= 11 is 0. The SMILES string of the molecule is CCS(=O)C1CCCC(NC(=NC)NCC(c2ccc(F)cc2)N2CCOCC2)C1. The van der Waals surface area contributed by atoms with Crippen molar-refractivity contribution in [3.05, 3.63) is 35.6 Å². The molecule has 1 saturated carbocycles. The van der Waals surface area contributed by atoms with E-state index in [1.165, 1.54) is 12.1 Å². The molecule has 2 N–H and O–H groups in total. The van der Waals surface area contributed by atoms with Crippen molar-refractivity contribution < 1.29 is 13.3 Å². The fourth-order valence-corrected chi connectivity index (χ4v) is 5.71. The minimum Gasteiger partial charge on any atom is -0.379 e. The molecule has 1 saturated heterocycles. The third kappa shape index (κ3) is 6.49. The number of hydrogen-bond acceptors (Lipinski definition) is 4. The Bertz CT molecular complexity index is 710. The van der Waals surface area contributed by atoms with Gasteiger partial charge in [0.15, 0.2) is 5.96 Å². The van der Waals surface area contributed by atoms with E-state index >= 15 is 0 Å². The predicted octanol–water partition coefficient (Wildman–Crippen LogP) is 2.44. The number of nitrogens with one attached hydrogen (secondary N) is 2. The molecule has 0 radical (unpaired) electrons. The first-order valence-corrected chi connectivity index (χ1v) is 12.4. The lowest BCUT2D eigenvalue weighted by Crippen LogP contribution is -2.49. The molecule has 3 rings (SSSR count). The van der Waals surface area contributed by atoms with E-state index in [4.69, 9.17) is 4.74 Å². The van der Waals surface area contributed by atoms with Gasteiger partial charge in [0, 0.05) is 54.5 Å². The molecule has 1 aliphatic heterocycles. The molecule has 2 aliphatic rings. The Balaban J connectivity index is 1.61. The summed E-state index contributed by atoms with van der Waals surface area (Å²) in [6, 6.07) is 7.16. The van der Waals surface area contributed by atoms with E-state index < -0.39 is 10.8 Å².